The smallest absolute Gasteiger partial charge is 0.156 e. The van der Waals surface area contributed by atoms with Gasteiger partial charge < -0.3 is 15.7 Å². The predicted octanol–water partition coefficient (Wildman–Crippen LogP) is 1.59. The molecule has 1 aromatic rings. The summed E-state index contributed by atoms with van der Waals surface area (Å²) < 4.78 is 5.99. The first-order valence-corrected chi connectivity index (χ1v) is 7.24. The van der Waals surface area contributed by atoms with E-state index in [1.807, 2.05) is 18.2 Å². The van der Waals surface area contributed by atoms with Gasteiger partial charge >= 0.3 is 0 Å². The van der Waals surface area contributed by atoms with Gasteiger partial charge in [-0.05, 0) is 31.0 Å². The highest BCUT2D eigenvalue weighted by Crippen LogP contribution is 2.29. The topological polar surface area (TPSA) is 71.1 Å². The SMILES string of the molecule is NC(=NO)C1CCCCN1CC1Cc2ccccc2O1. The third kappa shape index (κ3) is 2.58. The van der Waals surface area contributed by atoms with Gasteiger partial charge in [0.1, 0.15) is 11.9 Å². The largest absolute Gasteiger partial charge is 0.488 e. The Bertz CT molecular complexity index is 479. The molecule has 1 saturated heterocycles. The van der Waals surface area contributed by atoms with Crippen molar-refractivity contribution in [3.05, 3.63) is 29.8 Å². The fourth-order valence-corrected chi connectivity index (χ4v) is 3.23. The maximum Gasteiger partial charge on any atom is 0.156 e. The van der Waals surface area contributed by atoms with Crippen molar-refractivity contribution in [2.45, 2.75) is 37.8 Å². The molecule has 2 heterocycles. The summed E-state index contributed by atoms with van der Waals surface area (Å²) in [4.78, 5) is 2.29. The molecule has 5 heteroatoms. The zero-order valence-electron chi connectivity index (χ0n) is 11.5. The Hall–Kier alpha value is -1.75. The summed E-state index contributed by atoms with van der Waals surface area (Å²) in [6.45, 7) is 1.81. The standard InChI is InChI=1S/C15H21N3O2/c16-15(17-19)13-6-3-4-8-18(13)10-12-9-11-5-1-2-7-14(11)20-12/h1-2,5,7,12-13,19H,3-4,6,8-10H2,(H2,16,17). The lowest BCUT2D eigenvalue weighted by molar-refractivity contribution is 0.113. The van der Waals surface area contributed by atoms with E-state index in [9.17, 15) is 0 Å². The van der Waals surface area contributed by atoms with Crippen LogP contribution in [0.4, 0.5) is 0 Å². The summed E-state index contributed by atoms with van der Waals surface area (Å²) in [5.41, 5.74) is 7.09. The van der Waals surface area contributed by atoms with Crippen molar-refractivity contribution in [2.24, 2.45) is 10.9 Å². The molecule has 0 amide bonds. The van der Waals surface area contributed by atoms with Crippen LogP contribution in [0.2, 0.25) is 0 Å². The normalized spacial score (nSPS) is 27.1. The number of oxime groups is 1. The van der Waals surface area contributed by atoms with Crippen molar-refractivity contribution in [2.75, 3.05) is 13.1 Å². The van der Waals surface area contributed by atoms with Gasteiger partial charge in [-0.2, -0.15) is 0 Å². The first-order valence-electron chi connectivity index (χ1n) is 7.24. The number of nitrogens with zero attached hydrogens (tertiary/aromatic N) is 2. The van der Waals surface area contributed by atoms with Gasteiger partial charge in [0, 0.05) is 13.0 Å². The van der Waals surface area contributed by atoms with Gasteiger partial charge in [0.15, 0.2) is 5.84 Å². The van der Waals surface area contributed by atoms with Crippen molar-refractivity contribution in [3.8, 4) is 5.75 Å². The molecule has 0 aliphatic carbocycles. The molecule has 108 valence electrons. The molecular weight excluding hydrogens is 254 g/mol. The van der Waals surface area contributed by atoms with Crippen molar-refractivity contribution >= 4 is 5.84 Å². The summed E-state index contributed by atoms with van der Waals surface area (Å²) in [6.07, 6.45) is 4.35. The molecule has 0 radical (unpaired) electrons. The van der Waals surface area contributed by atoms with Crippen LogP contribution in [0.5, 0.6) is 5.75 Å². The first-order chi connectivity index (χ1) is 9.78. The zero-order valence-corrected chi connectivity index (χ0v) is 11.5. The molecule has 2 unspecified atom stereocenters. The average Bonchev–Trinajstić information content (AvgIpc) is 2.89. The van der Waals surface area contributed by atoms with Crippen molar-refractivity contribution in [3.63, 3.8) is 0 Å². The lowest BCUT2D eigenvalue weighted by Gasteiger charge is -2.35. The maximum atomic E-state index is 8.91. The fourth-order valence-electron chi connectivity index (χ4n) is 3.23. The molecule has 1 fully saturated rings. The molecule has 3 rings (SSSR count). The fraction of sp³-hybridized carbons (Fsp3) is 0.533. The molecule has 1 aromatic carbocycles. The number of amidine groups is 1. The number of piperidine rings is 1. The van der Waals surface area contributed by atoms with E-state index in [2.05, 4.69) is 16.1 Å². The van der Waals surface area contributed by atoms with E-state index in [1.165, 1.54) is 5.56 Å². The molecule has 3 N–H and O–H groups in total. The molecule has 0 saturated carbocycles. The number of hydrogen-bond donors (Lipinski definition) is 2. The van der Waals surface area contributed by atoms with Crippen LogP contribution < -0.4 is 10.5 Å². The van der Waals surface area contributed by atoms with Crippen molar-refractivity contribution in [1.82, 2.24) is 4.90 Å². The minimum atomic E-state index is 0.0427. The second-order valence-electron chi connectivity index (χ2n) is 5.58. The number of nitrogens with two attached hydrogens (primary N) is 1. The predicted molar refractivity (Wildman–Crippen MR) is 77.2 cm³/mol. The van der Waals surface area contributed by atoms with E-state index in [4.69, 9.17) is 15.7 Å². The Morgan fingerprint density at radius 3 is 3.05 bits per heavy atom. The Morgan fingerprint density at radius 2 is 2.25 bits per heavy atom. The Balaban J connectivity index is 1.66. The molecular formula is C15H21N3O2. The van der Waals surface area contributed by atoms with E-state index in [-0.39, 0.29) is 12.1 Å². The van der Waals surface area contributed by atoms with Crippen LogP contribution in [0.1, 0.15) is 24.8 Å². The number of benzene rings is 1. The highest BCUT2D eigenvalue weighted by molar-refractivity contribution is 5.85. The summed E-state index contributed by atoms with van der Waals surface area (Å²) in [6, 6.07) is 8.23. The van der Waals surface area contributed by atoms with E-state index in [0.717, 1.165) is 44.5 Å². The molecule has 2 aliphatic rings. The van der Waals surface area contributed by atoms with E-state index < -0.39 is 0 Å². The lowest BCUT2D eigenvalue weighted by atomic mass is 10.00. The summed E-state index contributed by atoms with van der Waals surface area (Å²) in [5, 5.41) is 12.1. The van der Waals surface area contributed by atoms with Crippen LogP contribution in [0.25, 0.3) is 0 Å². The highest BCUT2D eigenvalue weighted by atomic mass is 16.5. The highest BCUT2D eigenvalue weighted by Gasteiger charge is 2.31. The zero-order chi connectivity index (χ0) is 13.9. The van der Waals surface area contributed by atoms with Crippen molar-refractivity contribution in [1.29, 1.82) is 0 Å². The third-order valence-electron chi connectivity index (χ3n) is 4.22. The average molecular weight is 275 g/mol. The quantitative estimate of drug-likeness (QED) is 0.380. The Kier molecular flexibility index (Phi) is 3.78. The molecule has 2 aliphatic heterocycles. The second kappa shape index (κ2) is 5.71. The van der Waals surface area contributed by atoms with Crippen molar-refractivity contribution < 1.29 is 9.94 Å². The number of para-hydroxylation sites is 1. The van der Waals surface area contributed by atoms with E-state index in [1.54, 1.807) is 0 Å². The number of rotatable bonds is 3. The van der Waals surface area contributed by atoms with Gasteiger partial charge in [-0.3, -0.25) is 4.90 Å². The Labute approximate surface area is 119 Å². The molecule has 0 spiro atoms. The Morgan fingerprint density at radius 1 is 1.40 bits per heavy atom. The van der Waals surface area contributed by atoms with Crippen LogP contribution in [0.3, 0.4) is 0 Å². The maximum absolute atomic E-state index is 8.91. The minimum Gasteiger partial charge on any atom is -0.488 e. The third-order valence-corrected chi connectivity index (χ3v) is 4.22. The lowest BCUT2D eigenvalue weighted by Crippen LogP contribution is -2.50. The molecule has 0 aromatic heterocycles. The summed E-state index contributed by atoms with van der Waals surface area (Å²) in [5.74, 6) is 1.31. The molecule has 5 nitrogen and oxygen atoms in total. The van der Waals surface area contributed by atoms with Crippen LogP contribution in [-0.4, -0.2) is 41.2 Å². The number of fused-ring (bicyclic) bond motifs is 1. The molecule has 0 bridgehead atoms. The van der Waals surface area contributed by atoms with Gasteiger partial charge in [0.05, 0.1) is 6.04 Å². The van der Waals surface area contributed by atoms with Crippen LogP contribution in [0, 0.1) is 0 Å². The van der Waals surface area contributed by atoms with Crippen LogP contribution >= 0.6 is 0 Å². The second-order valence-corrected chi connectivity index (χ2v) is 5.58. The number of likely N-dealkylation sites (tertiary alicyclic amines) is 1. The summed E-state index contributed by atoms with van der Waals surface area (Å²) >= 11 is 0. The first kappa shape index (κ1) is 13.2. The van der Waals surface area contributed by atoms with Crippen LogP contribution in [0.15, 0.2) is 29.4 Å². The number of hydrogen-bond acceptors (Lipinski definition) is 4. The molecule has 20 heavy (non-hydrogen) atoms. The minimum absolute atomic E-state index is 0.0427. The van der Waals surface area contributed by atoms with Gasteiger partial charge in [-0.1, -0.05) is 29.8 Å². The van der Waals surface area contributed by atoms with E-state index >= 15 is 0 Å². The number of ether oxygens (including phenoxy) is 1. The van der Waals surface area contributed by atoms with Gasteiger partial charge in [-0.15, -0.1) is 0 Å². The van der Waals surface area contributed by atoms with E-state index in [0.29, 0.717) is 5.84 Å². The van der Waals surface area contributed by atoms with Gasteiger partial charge in [0.25, 0.3) is 0 Å². The monoisotopic (exact) mass is 275 g/mol. The van der Waals surface area contributed by atoms with Gasteiger partial charge in [0.2, 0.25) is 0 Å². The van der Waals surface area contributed by atoms with Crippen LogP contribution in [-0.2, 0) is 6.42 Å². The summed E-state index contributed by atoms with van der Waals surface area (Å²) in [7, 11) is 0. The molecule has 2 atom stereocenters. The van der Waals surface area contributed by atoms with Gasteiger partial charge in [-0.25, -0.2) is 0 Å².